The van der Waals surface area contributed by atoms with Crippen molar-refractivity contribution in [3.8, 4) is 11.3 Å². The Bertz CT molecular complexity index is 600. The topological polar surface area (TPSA) is 37.8 Å². The first-order chi connectivity index (χ1) is 9.90. The third-order valence-electron chi connectivity index (χ3n) is 3.09. The summed E-state index contributed by atoms with van der Waals surface area (Å²) in [6.45, 7) is 9.41. The second-order valence-electron chi connectivity index (χ2n) is 6.15. The number of anilines is 1. The van der Waals surface area contributed by atoms with Crippen LogP contribution in [0.5, 0.6) is 0 Å². The molecule has 0 unspecified atom stereocenters. The lowest BCUT2D eigenvalue weighted by Gasteiger charge is -2.19. The van der Waals surface area contributed by atoms with Gasteiger partial charge in [0.05, 0.1) is 5.69 Å². The van der Waals surface area contributed by atoms with Crippen molar-refractivity contribution in [3.05, 3.63) is 41.2 Å². The molecule has 1 aromatic heterocycles. The number of aromatic nitrogens is 2. The zero-order valence-corrected chi connectivity index (χ0v) is 13.8. The van der Waals surface area contributed by atoms with E-state index in [2.05, 4.69) is 38.0 Å². The van der Waals surface area contributed by atoms with Crippen LogP contribution in [0.3, 0.4) is 0 Å². The molecule has 1 aromatic carbocycles. The van der Waals surface area contributed by atoms with Gasteiger partial charge in [-0.25, -0.2) is 9.97 Å². The minimum Gasteiger partial charge on any atom is -0.370 e. The van der Waals surface area contributed by atoms with E-state index in [9.17, 15) is 0 Å². The molecule has 0 saturated heterocycles. The molecule has 0 saturated carbocycles. The third-order valence-corrected chi connectivity index (χ3v) is 3.35. The number of rotatable bonds is 4. The molecule has 0 aliphatic carbocycles. The Morgan fingerprint density at radius 3 is 2.33 bits per heavy atom. The Hall–Kier alpha value is -1.61. The first-order valence-corrected chi connectivity index (χ1v) is 7.67. The lowest BCUT2D eigenvalue weighted by Crippen LogP contribution is -2.18. The first-order valence-electron chi connectivity index (χ1n) is 7.29. The number of benzene rings is 1. The van der Waals surface area contributed by atoms with Gasteiger partial charge in [0.25, 0.3) is 0 Å². The summed E-state index contributed by atoms with van der Waals surface area (Å²) in [5.41, 5.74) is 1.88. The summed E-state index contributed by atoms with van der Waals surface area (Å²) in [6.07, 6.45) is 1.06. The zero-order chi connectivity index (χ0) is 15.5. The maximum atomic E-state index is 5.96. The van der Waals surface area contributed by atoms with Crippen LogP contribution in [0.2, 0.25) is 5.02 Å². The van der Waals surface area contributed by atoms with Crippen LogP contribution >= 0.6 is 11.6 Å². The molecule has 0 aliphatic heterocycles. The van der Waals surface area contributed by atoms with E-state index >= 15 is 0 Å². The van der Waals surface area contributed by atoms with Crippen LogP contribution in [0, 0.1) is 0 Å². The van der Waals surface area contributed by atoms with Crippen LogP contribution in [0.25, 0.3) is 11.3 Å². The van der Waals surface area contributed by atoms with Crippen molar-refractivity contribution in [2.45, 2.75) is 39.5 Å². The van der Waals surface area contributed by atoms with Gasteiger partial charge in [-0.3, -0.25) is 0 Å². The van der Waals surface area contributed by atoms with Crippen molar-refractivity contribution in [1.82, 2.24) is 9.97 Å². The van der Waals surface area contributed by atoms with Gasteiger partial charge in [-0.1, -0.05) is 51.4 Å². The lowest BCUT2D eigenvalue weighted by atomic mass is 9.95. The molecule has 112 valence electrons. The summed E-state index contributed by atoms with van der Waals surface area (Å²) >= 11 is 5.96. The van der Waals surface area contributed by atoms with Gasteiger partial charge < -0.3 is 5.32 Å². The van der Waals surface area contributed by atoms with E-state index in [1.54, 1.807) is 0 Å². The van der Waals surface area contributed by atoms with Crippen LogP contribution in [0.1, 0.15) is 39.9 Å². The van der Waals surface area contributed by atoms with Crippen molar-refractivity contribution in [2.75, 3.05) is 11.9 Å². The molecule has 21 heavy (non-hydrogen) atoms. The molecule has 0 aliphatic rings. The molecule has 2 rings (SSSR count). The van der Waals surface area contributed by atoms with Crippen molar-refractivity contribution < 1.29 is 0 Å². The molecule has 1 N–H and O–H groups in total. The number of hydrogen-bond donors (Lipinski definition) is 1. The van der Waals surface area contributed by atoms with Gasteiger partial charge in [0, 0.05) is 28.6 Å². The van der Waals surface area contributed by atoms with Gasteiger partial charge in [0.1, 0.15) is 11.6 Å². The summed E-state index contributed by atoms with van der Waals surface area (Å²) in [6, 6.07) is 9.74. The fourth-order valence-corrected chi connectivity index (χ4v) is 2.02. The minimum absolute atomic E-state index is 0.0922. The highest BCUT2D eigenvalue weighted by Crippen LogP contribution is 2.26. The second kappa shape index (κ2) is 6.44. The number of nitrogens with one attached hydrogen (secondary N) is 1. The number of nitrogens with zero attached hydrogens (tertiary/aromatic N) is 2. The van der Waals surface area contributed by atoms with Crippen LogP contribution in [-0.2, 0) is 5.41 Å². The zero-order valence-electron chi connectivity index (χ0n) is 13.1. The smallest absolute Gasteiger partial charge is 0.136 e. The number of hydrogen-bond acceptors (Lipinski definition) is 3. The molecule has 3 nitrogen and oxygen atoms in total. The van der Waals surface area contributed by atoms with Gasteiger partial charge in [-0.15, -0.1) is 0 Å². The largest absolute Gasteiger partial charge is 0.370 e. The molecule has 0 spiro atoms. The quantitative estimate of drug-likeness (QED) is 0.871. The normalized spacial score (nSPS) is 11.5. The summed E-state index contributed by atoms with van der Waals surface area (Å²) < 4.78 is 0. The van der Waals surface area contributed by atoms with Crippen molar-refractivity contribution in [3.63, 3.8) is 0 Å². The van der Waals surface area contributed by atoms with Crippen molar-refractivity contribution in [1.29, 1.82) is 0 Å². The minimum atomic E-state index is -0.0922. The van der Waals surface area contributed by atoms with E-state index in [1.165, 1.54) is 0 Å². The van der Waals surface area contributed by atoms with E-state index in [0.29, 0.717) is 0 Å². The summed E-state index contributed by atoms with van der Waals surface area (Å²) in [4.78, 5) is 9.36. The molecule has 1 heterocycles. The average Bonchev–Trinajstić information content (AvgIpc) is 2.44. The Kier molecular flexibility index (Phi) is 4.84. The first kappa shape index (κ1) is 15.8. The molecule has 4 heteroatoms. The monoisotopic (exact) mass is 303 g/mol. The average molecular weight is 304 g/mol. The van der Waals surface area contributed by atoms with E-state index in [-0.39, 0.29) is 5.41 Å². The predicted molar refractivity (Wildman–Crippen MR) is 90.0 cm³/mol. The van der Waals surface area contributed by atoms with Crippen LogP contribution in [0.15, 0.2) is 30.3 Å². The van der Waals surface area contributed by atoms with E-state index in [1.807, 2.05) is 30.3 Å². The SMILES string of the molecule is CCCNc1cc(-c2ccc(Cl)cc2)nc(C(C)(C)C)n1. The van der Waals surface area contributed by atoms with E-state index in [0.717, 1.165) is 40.9 Å². The maximum Gasteiger partial charge on any atom is 0.136 e. The van der Waals surface area contributed by atoms with Crippen molar-refractivity contribution in [2.24, 2.45) is 0 Å². The summed E-state index contributed by atoms with van der Waals surface area (Å²) in [5, 5.41) is 4.08. The second-order valence-corrected chi connectivity index (χ2v) is 6.58. The highest BCUT2D eigenvalue weighted by Gasteiger charge is 2.19. The molecule has 0 amide bonds. The fraction of sp³-hybridized carbons (Fsp3) is 0.412. The molecule has 0 fully saturated rings. The molecule has 0 atom stereocenters. The molecular weight excluding hydrogens is 282 g/mol. The fourth-order valence-electron chi connectivity index (χ4n) is 1.89. The van der Waals surface area contributed by atoms with Gasteiger partial charge in [-0.2, -0.15) is 0 Å². The highest BCUT2D eigenvalue weighted by molar-refractivity contribution is 6.30. The molecule has 0 radical (unpaired) electrons. The third kappa shape index (κ3) is 4.18. The van der Waals surface area contributed by atoms with Gasteiger partial charge in [-0.05, 0) is 18.6 Å². The molecule has 2 aromatic rings. The van der Waals surface area contributed by atoms with Crippen LogP contribution in [0.4, 0.5) is 5.82 Å². The van der Waals surface area contributed by atoms with E-state index < -0.39 is 0 Å². The highest BCUT2D eigenvalue weighted by atomic mass is 35.5. The standard InChI is InChI=1S/C17H22ClN3/c1-5-10-19-15-11-14(12-6-8-13(18)9-7-12)20-16(21-15)17(2,3)4/h6-9,11H,5,10H2,1-4H3,(H,19,20,21). The Morgan fingerprint density at radius 2 is 1.76 bits per heavy atom. The van der Waals surface area contributed by atoms with Gasteiger partial charge >= 0.3 is 0 Å². The lowest BCUT2D eigenvalue weighted by molar-refractivity contribution is 0.546. The number of halogens is 1. The van der Waals surface area contributed by atoms with Gasteiger partial charge in [0.15, 0.2) is 0 Å². The molecule has 0 bridgehead atoms. The van der Waals surface area contributed by atoms with E-state index in [4.69, 9.17) is 16.6 Å². The van der Waals surface area contributed by atoms with Gasteiger partial charge in [0.2, 0.25) is 0 Å². The Morgan fingerprint density at radius 1 is 1.10 bits per heavy atom. The van der Waals surface area contributed by atoms with Crippen LogP contribution in [-0.4, -0.2) is 16.5 Å². The summed E-state index contributed by atoms with van der Waals surface area (Å²) in [7, 11) is 0. The maximum absolute atomic E-state index is 5.96. The molecular formula is C17H22ClN3. The summed E-state index contributed by atoms with van der Waals surface area (Å²) in [5.74, 6) is 1.72. The Balaban J connectivity index is 2.46. The van der Waals surface area contributed by atoms with Crippen molar-refractivity contribution >= 4 is 17.4 Å². The Labute approximate surface area is 131 Å². The predicted octanol–water partition coefficient (Wildman–Crippen LogP) is 4.92. The van der Waals surface area contributed by atoms with Crippen LogP contribution < -0.4 is 5.32 Å².